The maximum absolute atomic E-state index is 4.57. The van der Waals surface area contributed by atoms with Crippen molar-refractivity contribution in [3.8, 4) is 0 Å². The number of nitrogens with zero attached hydrogens (tertiary/aromatic N) is 2. The highest BCUT2D eigenvalue weighted by atomic mass is 32.2. The summed E-state index contributed by atoms with van der Waals surface area (Å²) >= 11 is 1.96. The lowest BCUT2D eigenvalue weighted by atomic mass is 9.92. The molecule has 1 atom stereocenters. The minimum absolute atomic E-state index is 0.381. The van der Waals surface area contributed by atoms with Gasteiger partial charge in [0.2, 0.25) is 0 Å². The van der Waals surface area contributed by atoms with Gasteiger partial charge in [-0.25, -0.2) is 0 Å². The molecule has 1 aromatic carbocycles. The van der Waals surface area contributed by atoms with Crippen LogP contribution in [0.25, 0.3) is 5.70 Å². The first-order chi connectivity index (χ1) is 12.9. The Morgan fingerprint density at radius 1 is 1.08 bits per heavy atom. The zero-order chi connectivity index (χ0) is 17.8. The van der Waals surface area contributed by atoms with E-state index in [1.54, 1.807) is 0 Å². The highest BCUT2D eigenvalue weighted by Gasteiger charge is 2.35. The SMILES string of the molecule is CCCc1cc(C2SC=C(c3ccccc3)N2C2CCCCC2)ccn1. The van der Waals surface area contributed by atoms with E-state index in [4.69, 9.17) is 0 Å². The van der Waals surface area contributed by atoms with Crippen molar-refractivity contribution in [3.63, 3.8) is 0 Å². The summed E-state index contributed by atoms with van der Waals surface area (Å²) in [5, 5.41) is 2.76. The van der Waals surface area contributed by atoms with Crippen molar-refractivity contribution < 1.29 is 0 Å². The third kappa shape index (κ3) is 3.68. The zero-order valence-corrected chi connectivity index (χ0v) is 16.4. The maximum Gasteiger partial charge on any atom is 0.105 e. The van der Waals surface area contributed by atoms with Crippen LogP contribution in [0.1, 0.15) is 67.6 Å². The summed E-state index contributed by atoms with van der Waals surface area (Å²) in [6, 6.07) is 16.1. The van der Waals surface area contributed by atoms with Crippen molar-refractivity contribution in [1.82, 2.24) is 9.88 Å². The van der Waals surface area contributed by atoms with Gasteiger partial charge in [-0.15, -0.1) is 11.8 Å². The maximum atomic E-state index is 4.57. The molecular formula is C23H28N2S. The predicted octanol–water partition coefficient (Wildman–Crippen LogP) is 6.41. The molecule has 1 fully saturated rings. The minimum Gasteiger partial charge on any atom is -0.351 e. The molecule has 1 aromatic heterocycles. The van der Waals surface area contributed by atoms with Crippen molar-refractivity contribution in [1.29, 1.82) is 0 Å². The average molecular weight is 365 g/mol. The minimum atomic E-state index is 0.381. The van der Waals surface area contributed by atoms with Crippen LogP contribution in [-0.2, 0) is 6.42 Å². The topological polar surface area (TPSA) is 16.1 Å². The fourth-order valence-electron chi connectivity index (χ4n) is 4.24. The Hall–Kier alpha value is -1.74. The largest absolute Gasteiger partial charge is 0.351 e. The molecule has 4 rings (SSSR count). The first kappa shape index (κ1) is 17.7. The Labute approximate surface area is 161 Å². The number of pyridine rings is 1. The summed E-state index contributed by atoms with van der Waals surface area (Å²) in [6.45, 7) is 2.22. The van der Waals surface area contributed by atoms with E-state index in [1.165, 1.54) is 54.6 Å². The first-order valence-electron chi connectivity index (χ1n) is 10.0. The van der Waals surface area contributed by atoms with Crippen molar-refractivity contribution in [3.05, 3.63) is 70.9 Å². The number of aromatic nitrogens is 1. The molecule has 136 valence electrons. The van der Waals surface area contributed by atoms with Gasteiger partial charge in [0.05, 0.1) is 5.70 Å². The fourth-order valence-corrected chi connectivity index (χ4v) is 5.47. The Kier molecular flexibility index (Phi) is 5.64. The van der Waals surface area contributed by atoms with Crippen LogP contribution in [0.15, 0.2) is 54.1 Å². The van der Waals surface area contributed by atoms with E-state index in [1.807, 2.05) is 18.0 Å². The highest BCUT2D eigenvalue weighted by molar-refractivity contribution is 8.02. The lowest BCUT2D eigenvalue weighted by molar-refractivity contribution is 0.223. The number of hydrogen-bond donors (Lipinski definition) is 0. The third-order valence-corrected chi connectivity index (χ3v) is 6.63. The van der Waals surface area contributed by atoms with Crippen LogP contribution in [0.2, 0.25) is 0 Å². The van der Waals surface area contributed by atoms with Crippen LogP contribution in [0.4, 0.5) is 0 Å². The van der Waals surface area contributed by atoms with Gasteiger partial charge in [0.1, 0.15) is 5.37 Å². The van der Waals surface area contributed by atoms with Crippen LogP contribution >= 0.6 is 11.8 Å². The second kappa shape index (κ2) is 8.30. The van der Waals surface area contributed by atoms with E-state index in [-0.39, 0.29) is 0 Å². The summed E-state index contributed by atoms with van der Waals surface area (Å²) in [5.41, 5.74) is 5.38. The molecule has 0 saturated heterocycles. The summed E-state index contributed by atoms with van der Waals surface area (Å²) in [5.74, 6) is 0. The number of thioether (sulfide) groups is 1. The highest BCUT2D eigenvalue weighted by Crippen LogP contribution is 2.49. The number of benzene rings is 1. The predicted molar refractivity (Wildman–Crippen MR) is 112 cm³/mol. The number of rotatable bonds is 5. The van der Waals surface area contributed by atoms with Crippen molar-refractivity contribution in [2.24, 2.45) is 0 Å². The van der Waals surface area contributed by atoms with Gasteiger partial charge in [-0.3, -0.25) is 4.98 Å². The molecule has 0 radical (unpaired) electrons. The summed E-state index contributed by atoms with van der Waals surface area (Å²) in [6.07, 6.45) is 10.9. The van der Waals surface area contributed by atoms with E-state index in [0.717, 1.165) is 12.8 Å². The number of hydrogen-bond acceptors (Lipinski definition) is 3. The van der Waals surface area contributed by atoms with E-state index in [2.05, 4.69) is 64.7 Å². The zero-order valence-electron chi connectivity index (χ0n) is 15.6. The third-order valence-electron chi connectivity index (χ3n) is 5.51. The molecule has 0 amide bonds. The monoisotopic (exact) mass is 364 g/mol. The van der Waals surface area contributed by atoms with E-state index in [0.29, 0.717) is 11.4 Å². The van der Waals surface area contributed by atoms with Gasteiger partial charge in [0, 0.05) is 17.9 Å². The number of aryl methyl sites for hydroxylation is 1. The van der Waals surface area contributed by atoms with E-state index in [9.17, 15) is 0 Å². The van der Waals surface area contributed by atoms with Gasteiger partial charge in [0.25, 0.3) is 0 Å². The first-order valence-corrected chi connectivity index (χ1v) is 11.0. The van der Waals surface area contributed by atoms with Crippen LogP contribution < -0.4 is 0 Å². The molecule has 0 bridgehead atoms. The lowest BCUT2D eigenvalue weighted by Crippen LogP contribution is -2.35. The Balaban J connectivity index is 1.67. The Bertz CT molecular complexity index is 750. The molecule has 2 aliphatic rings. The van der Waals surface area contributed by atoms with E-state index >= 15 is 0 Å². The summed E-state index contributed by atoms with van der Waals surface area (Å²) in [4.78, 5) is 7.28. The molecule has 2 heterocycles. The van der Waals surface area contributed by atoms with E-state index < -0.39 is 0 Å². The standard InChI is InChI=1S/C23H28N2S/c1-2-9-20-16-19(14-15-24-20)23-25(21-12-7-4-8-13-21)22(17-26-23)18-10-5-3-6-11-18/h3,5-6,10-11,14-17,21,23H,2,4,7-9,12-13H2,1H3. The summed E-state index contributed by atoms with van der Waals surface area (Å²) in [7, 11) is 0. The second-order valence-corrected chi connectivity index (χ2v) is 8.34. The molecule has 1 unspecified atom stereocenters. The van der Waals surface area contributed by atoms with Crippen LogP contribution in [0.3, 0.4) is 0 Å². The van der Waals surface area contributed by atoms with Gasteiger partial charge in [-0.05, 0) is 47.9 Å². The van der Waals surface area contributed by atoms with Gasteiger partial charge < -0.3 is 4.90 Å². The molecule has 1 aliphatic carbocycles. The molecule has 1 saturated carbocycles. The quantitative estimate of drug-likeness (QED) is 0.609. The lowest BCUT2D eigenvalue weighted by Gasteiger charge is -2.39. The van der Waals surface area contributed by atoms with Crippen molar-refractivity contribution in [2.75, 3.05) is 0 Å². The van der Waals surface area contributed by atoms with Crippen LogP contribution in [0.5, 0.6) is 0 Å². The summed E-state index contributed by atoms with van der Waals surface area (Å²) < 4.78 is 0. The molecule has 1 aliphatic heterocycles. The van der Waals surface area contributed by atoms with Crippen molar-refractivity contribution in [2.45, 2.75) is 63.3 Å². The second-order valence-electron chi connectivity index (χ2n) is 7.39. The van der Waals surface area contributed by atoms with Gasteiger partial charge in [-0.1, -0.05) is 62.9 Å². The van der Waals surface area contributed by atoms with Crippen LogP contribution in [0, 0.1) is 0 Å². The molecule has 0 N–H and O–H groups in total. The van der Waals surface area contributed by atoms with Gasteiger partial charge in [0.15, 0.2) is 0 Å². The Morgan fingerprint density at radius 3 is 2.65 bits per heavy atom. The molecule has 26 heavy (non-hydrogen) atoms. The molecule has 2 nitrogen and oxygen atoms in total. The smallest absolute Gasteiger partial charge is 0.105 e. The molecule has 3 heteroatoms. The fraction of sp³-hybridized carbons (Fsp3) is 0.435. The van der Waals surface area contributed by atoms with Gasteiger partial charge >= 0.3 is 0 Å². The molecule has 0 spiro atoms. The normalized spacial score (nSPS) is 21.0. The molecular weight excluding hydrogens is 336 g/mol. The average Bonchev–Trinajstić information content (AvgIpc) is 3.15. The molecule has 2 aromatic rings. The van der Waals surface area contributed by atoms with Crippen LogP contribution in [-0.4, -0.2) is 15.9 Å². The van der Waals surface area contributed by atoms with Gasteiger partial charge in [-0.2, -0.15) is 0 Å². The van der Waals surface area contributed by atoms with Crippen molar-refractivity contribution >= 4 is 17.5 Å². The Morgan fingerprint density at radius 2 is 1.88 bits per heavy atom.